The molecule has 0 saturated carbocycles. The number of amides is 2. The summed E-state index contributed by atoms with van der Waals surface area (Å²) in [6.45, 7) is 1.97. The topological polar surface area (TPSA) is 110 Å². The van der Waals surface area contributed by atoms with Crippen molar-refractivity contribution in [3.8, 4) is 0 Å². The lowest BCUT2D eigenvalue weighted by molar-refractivity contribution is -0.141. The molecule has 1 saturated heterocycles. The number of aliphatic hydroxyl groups excluding tert-OH is 2. The van der Waals surface area contributed by atoms with Gasteiger partial charge in [-0.15, -0.1) is 0 Å². The van der Waals surface area contributed by atoms with Gasteiger partial charge in [0.2, 0.25) is 0 Å². The summed E-state index contributed by atoms with van der Waals surface area (Å²) in [4.78, 5) is 23.8. The average molecular weight is 246 g/mol. The van der Waals surface area contributed by atoms with Crippen molar-refractivity contribution in [2.24, 2.45) is 0 Å². The van der Waals surface area contributed by atoms with Gasteiger partial charge in [0.1, 0.15) is 0 Å². The molecule has 1 aliphatic heterocycles. The van der Waals surface area contributed by atoms with E-state index >= 15 is 0 Å². The van der Waals surface area contributed by atoms with E-state index in [0.29, 0.717) is 19.4 Å². The van der Waals surface area contributed by atoms with Gasteiger partial charge in [0.25, 0.3) is 0 Å². The maximum Gasteiger partial charge on any atom is 0.328 e. The third-order valence-corrected chi connectivity index (χ3v) is 2.71. The Bertz CT molecular complexity index is 294. The summed E-state index contributed by atoms with van der Waals surface area (Å²) >= 11 is 0. The molecule has 2 amide bonds. The van der Waals surface area contributed by atoms with Gasteiger partial charge in [-0.1, -0.05) is 0 Å². The van der Waals surface area contributed by atoms with E-state index in [2.05, 4.69) is 5.32 Å². The maximum absolute atomic E-state index is 11.7. The lowest BCUT2D eigenvalue weighted by atomic mass is 10.1. The van der Waals surface area contributed by atoms with Crippen LogP contribution in [0.15, 0.2) is 0 Å². The number of nitrogens with one attached hydrogen (secondary N) is 1. The first-order valence-electron chi connectivity index (χ1n) is 5.56. The number of aliphatic hydroxyl groups is 2. The molecule has 17 heavy (non-hydrogen) atoms. The Balaban J connectivity index is 2.54. The van der Waals surface area contributed by atoms with Crippen molar-refractivity contribution in [3.63, 3.8) is 0 Å². The first-order valence-corrected chi connectivity index (χ1v) is 5.56. The highest BCUT2D eigenvalue weighted by Gasteiger charge is 2.29. The number of hydrogen-bond donors (Lipinski definition) is 4. The van der Waals surface area contributed by atoms with Gasteiger partial charge in [-0.05, 0) is 19.8 Å². The Labute approximate surface area is 99.0 Å². The summed E-state index contributed by atoms with van der Waals surface area (Å²) in [6.07, 6.45) is -0.417. The molecule has 0 aromatic carbocycles. The number of urea groups is 1. The van der Waals surface area contributed by atoms with Crippen LogP contribution < -0.4 is 5.32 Å². The highest BCUT2D eigenvalue weighted by atomic mass is 16.4. The van der Waals surface area contributed by atoms with Crippen LogP contribution in [0, 0.1) is 0 Å². The molecule has 0 bridgehead atoms. The van der Waals surface area contributed by atoms with Gasteiger partial charge in [0.15, 0.2) is 6.04 Å². The number of β-amino-alcohol motifs (C(OH)–C–C–N with tert-alkyl or cyclic N) is 1. The van der Waals surface area contributed by atoms with E-state index in [0.717, 1.165) is 0 Å². The van der Waals surface area contributed by atoms with Gasteiger partial charge in [-0.3, -0.25) is 0 Å². The van der Waals surface area contributed by atoms with Gasteiger partial charge in [0, 0.05) is 13.1 Å². The van der Waals surface area contributed by atoms with E-state index in [-0.39, 0.29) is 6.54 Å². The number of carbonyl (C=O) groups is 2. The predicted octanol–water partition coefficient (Wildman–Crippen LogP) is -1.01. The van der Waals surface area contributed by atoms with Gasteiger partial charge >= 0.3 is 12.0 Å². The van der Waals surface area contributed by atoms with Crippen molar-refractivity contribution in [3.05, 3.63) is 0 Å². The van der Waals surface area contributed by atoms with Crippen molar-refractivity contribution in [1.82, 2.24) is 10.2 Å². The minimum atomic E-state index is -1.33. The summed E-state index contributed by atoms with van der Waals surface area (Å²) in [6, 6.07) is -1.90. The largest absolute Gasteiger partial charge is 0.480 e. The number of carboxylic acid groups (broad SMARTS) is 1. The lowest BCUT2D eigenvalue weighted by Crippen LogP contribution is -2.54. The van der Waals surface area contributed by atoms with Gasteiger partial charge in [0.05, 0.1) is 12.2 Å². The number of carboxylic acids is 1. The zero-order valence-corrected chi connectivity index (χ0v) is 9.67. The summed E-state index contributed by atoms with van der Waals surface area (Å²) < 4.78 is 0. The van der Waals surface area contributed by atoms with E-state index in [1.165, 1.54) is 11.8 Å². The number of carbonyl (C=O) groups excluding carboxylic acids is 1. The number of aliphatic carboxylic acids is 1. The third kappa shape index (κ3) is 3.86. The van der Waals surface area contributed by atoms with Crippen molar-refractivity contribution in [2.45, 2.75) is 38.0 Å². The highest BCUT2D eigenvalue weighted by molar-refractivity contribution is 5.83. The second kappa shape index (κ2) is 5.83. The van der Waals surface area contributed by atoms with Crippen LogP contribution in [-0.2, 0) is 4.79 Å². The van der Waals surface area contributed by atoms with Crippen LogP contribution in [0.2, 0.25) is 0 Å². The molecular formula is C10H18N2O5. The molecule has 0 aliphatic carbocycles. The highest BCUT2D eigenvalue weighted by Crippen LogP contribution is 2.10. The van der Waals surface area contributed by atoms with E-state index in [1.54, 1.807) is 0 Å². The molecule has 1 unspecified atom stereocenters. The molecule has 0 radical (unpaired) electrons. The van der Waals surface area contributed by atoms with Crippen molar-refractivity contribution < 1.29 is 24.9 Å². The smallest absolute Gasteiger partial charge is 0.328 e. The fraction of sp³-hybridized carbons (Fsp3) is 0.800. The Morgan fingerprint density at radius 3 is 2.59 bits per heavy atom. The third-order valence-electron chi connectivity index (χ3n) is 2.71. The first kappa shape index (κ1) is 13.7. The molecular weight excluding hydrogens is 228 g/mol. The normalized spacial score (nSPS) is 23.9. The molecule has 98 valence electrons. The van der Waals surface area contributed by atoms with Gasteiger partial charge in [-0.2, -0.15) is 0 Å². The van der Waals surface area contributed by atoms with Crippen LogP contribution >= 0.6 is 0 Å². The van der Waals surface area contributed by atoms with Crippen LogP contribution in [0.25, 0.3) is 0 Å². The molecule has 3 atom stereocenters. The van der Waals surface area contributed by atoms with Crippen molar-refractivity contribution >= 4 is 12.0 Å². The molecule has 0 aromatic heterocycles. The number of rotatable bonds is 3. The van der Waals surface area contributed by atoms with Crippen molar-refractivity contribution in [1.29, 1.82) is 0 Å². The van der Waals surface area contributed by atoms with Crippen LogP contribution in [-0.4, -0.2) is 63.6 Å². The first-order chi connectivity index (χ1) is 7.91. The fourth-order valence-electron chi connectivity index (χ4n) is 1.75. The molecule has 7 nitrogen and oxygen atoms in total. The number of likely N-dealkylation sites (tertiary alicyclic amines) is 1. The average Bonchev–Trinajstić information content (AvgIpc) is 2.24. The van der Waals surface area contributed by atoms with E-state index in [9.17, 15) is 19.8 Å². The van der Waals surface area contributed by atoms with E-state index in [4.69, 9.17) is 5.11 Å². The minimum Gasteiger partial charge on any atom is -0.480 e. The quantitative estimate of drug-likeness (QED) is 0.510. The van der Waals surface area contributed by atoms with Crippen LogP contribution in [0.5, 0.6) is 0 Å². The molecule has 1 fully saturated rings. The van der Waals surface area contributed by atoms with E-state index < -0.39 is 30.3 Å². The molecule has 1 rings (SSSR count). The van der Waals surface area contributed by atoms with E-state index in [1.807, 2.05) is 0 Å². The summed E-state index contributed by atoms with van der Waals surface area (Å²) in [5.41, 5.74) is 0. The molecule has 1 aliphatic rings. The zero-order valence-electron chi connectivity index (χ0n) is 9.67. The second-order valence-electron chi connectivity index (χ2n) is 4.25. The lowest BCUT2D eigenvalue weighted by Gasteiger charge is -2.31. The summed E-state index contributed by atoms with van der Waals surface area (Å²) in [5, 5.41) is 29.6. The molecule has 0 aromatic rings. The second-order valence-corrected chi connectivity index (χ2v) is 4.25. The Kier molecular flexibility index (Phi) is 4.71. The standard InChI is InChI=1S/C10H18N2O5/c1-6(13)8(9(15)16)11-10(17)12-4-2-3-7(14)5-12/h6-8,13-14H,2-5H2,1H3,(H,11,17)(H,15,16)/t6-,7?,8+/m1/s1. The SMILES string of the molecule is C[C@@H](O)[C@H](NC(=O)N1CCCC(O)C1)C(=O)O. The Morgan fingerprint density at radius 2 is 2.12 bits per heavy atom. The molecule has 4 N–H and O–H groups in total. The Morgan fingerprint density at radius 1 is 1.47 bits per heavy atom. The van der Waals surface area contributed by atoms with Gasteiger partial charge < -0.3 is 25.5 Å². The monoisotopic (exact) mass is 246 g/mol. The number of hydrogen-bond acceptors (Lipinski definition) is 4. The predicted molar refractivity (Wildman–Crippen MR) is 58.5 cm³/mol. The van der Waals surface area contributed by atoms with Gasteiger partial charge in [-0.25, -0.2) is 9.59 Å². The summed E-state index contributed by atoms with van der Waals surface area (Å²) in [7, 11) is 0. The minimum absolute atomic E-state index is 0.192. The van der Waals surface area contributed by atoms with Crippen LogP contribution in [0.4, 0.5) is 4.79 Å². The Hall–Kier alpha value is -1.34. The van der Waals surface area contributed by atoms with Crippen molar-refractivity contribution in [2.75, 3.05) is 13.1 Å². The van der Waals surface area contributed by atoms with Crippen LogP contribution in [0.1, 0.15) is 19.8 Å². The van der Waals surface area contributed by atoms with Crippen LogP contribution in [0.3, 0.4) is 0 Å². The fourth-order valence-corrected chi connectivity index (χ4v) is 1.75. The summed E-state index contributed by atoms with van der Waals surface area (Å²) in [5.74, 6) is -1.29. The number of nitrogens with zero attached hydrogens (tertiary/aromatic N) is 1. The molecule has 0 spiro atoms. The zero-order chi connectivity index (χ0) is 13.0. The molecule has 7 heteroatoms. The number of piperidine rings is 1. The molecule has 1 heterocycles. The maximum atomic E-state index is 11.7.